The second-order valence-corrected chi connectivity index (χ2v) is 7.16. The van der Waals surface area contributed by atoms with Crippen LogP contribution in [0.15, 0.2) is 24.3 Å². The Balaban J connectivity index is 1.82. The summed E-state index contributed by atoms with van der Waals surface area (Å²) in [5.74, 6) is -3.33. The van der Waals surface area contributed by atoms with Gasteiger partial charge in [-0.15, -0.1) is 11.3 Å². The zero-order chi connectivity index (χ0) is 21.3. The average molecular weight is 415 g/mol. The average Bonchev–Trinajstić information content (AvgIpc) is 3.12. The van der Waals surface area contributed by atoms with Gasteiger partial charge in [-0.05, 0) is 31.5 Å². The van der Waals surface area contributed by atoms with Gasteiger partial charge in [0, 0.05) is 0 Å². The normalized spacial score (nSPS) is 12.7. The molecule has 0 atom stereocenters. The molecule has 1 aromatic carbocycles. The van der Waals surface area contributed by atoms with E-state index in [1.165, 1.54) is 19.1 Å². The standard InChI is InChI=1S/C19H17N3O6S/c1-3-28-19(27)14-9(2)13(15(20)24)16(29-14)21-12(23)8-22-17(25)10-6-4-5-7-11(10)18(22)26/h4-7H,3,8H2,1-2H3,(H2,20,24)(H,21,23). The predicted molar refractivity (Wildman–Crippen MR) is 104 cm³/mol. The minimum absolute atomic E-state index is 0.0197. The topological polar surface area (TPSA) is 136 Å². The van der Waals surface area contributed by atoms with Crippen molar-refractivity contribution in [3.8, 4) is 0 Å². The van der Waals surface area contributed by atoms with Gasteiger partial charge in [0.2, 0.25) is 5.91 Å². The summed E-state index contributed by atoms with van der Waals surface area (Å²) in [5, 5.41) is 2.52. The number of hydrogen-bond acceptors (Lipinski definition) is 7. The highest BCUT2D eigenvalue weighted by Crippen LogP contribution is 2.33. The van der Waals surface area contributed by atoms with Crippen LogP contribution in [0.4, 0.5) is 5.00 Å². The van der Waals surface area contributed by atoms with Crippen LogP contribution in [0.25, 0.3) is 0 Å². The Morgan fingerprint density at radius 3 is 2.24 bits per heavy atom. The molecule has 0 saturated heterocycles. The van der Waals surface area contributed by atoms with E-state index < -0.39 is 36.1 Å². The lowest BCUT2D eigenvalue weighted by Gasteiger charge is -2.13. The molecule has 0 spiro atoms. The highest BCUT2D eigenvalue weighted by Gasteiger charge is 2.36. The number of esters is 1. The Kier molecular flexibility index (Phi) is 5.46. The molecule has 0 fully saturated rings. The monoisotopic (exact) mass is 415 g/mol. The number of anilines is 1. The van der Waals surface area contributed by atoms with Crippen LogP contribution in [0, 0.1) is 6.92 Å². The molecule has 0 unspecified atom stereocenters. The lowest BCUT2D eigenvalue weighted by atomic mass is 10.1. The van der Waals surface area contributed by atoms with Gasteiger partial charge in [0.05, 0.1) is 23.3 Å². The molecule has 0 radical (unpaired) electrons. The number of hydrogen-bond donors (Lipinski definition) is 2. The van der Waals surface area contributed by atoms with Gasteiger partial charge in [-0.2, -0.15) is 0 Å². The maximum Gasteiger partial charge on any atom is 0.348 e. The van der Waals surface area contributed by atoms with E-state index in [1.807, 2.05) is 0 Å². The van der Waals surface area contributed by atoms with E-state index in [9.17, 15) is 24.0 Å². The van der Waals surface area contributed by atoms with Gasteiger partial charge < -0.3 is 15.8 Å². The largest absolute Gasteiger partial charge is 0.462 e. The Hall–Kier alpha value is -3.53. The number of imide groups is 1. The third-order valence-corrected chi connectivity index (χ3v) is 5.47. The van der Waals surface area contributed by atoms with Gasteiger partial charge in [0.1, 0.15) is 16.4 Å². The Morgan fingerprint density at radius 2 is 1.72 bits per heavy atom. The van der Waals surface area contributed by atoms with Crippen LogP contribution in [-0.2, 0) is 9.53 Å². The molecule has 1 aromatic heterocycles. The molecule has 29 heavy (non-hydrogen) atoms. The van der Waals surface area contributed by atoms with Crippen molar-refractivity contribution in [2.75, 3.05) is 18.5 Å². The second-order valence-electron chi connectivity index (χ2n) is 6.14. The minimum Gasteiger partial charge on any atom is -0.462 e. The Morgan fingerprint density at radius 1 is 1.14 bits per heavy atom. The number of nitrogens with zero attached hydrogens (tertiary/aromatic N) is 1. The van der Waals surface area contributed by atoms with Gasteiger partial charge in [0.15, 0.2) is 0 Å². The van der Waals surface area contributed by atoms with Crippen molar-refractivity contribution in [1.29, 1.82) is 0 Å². The van der Waals surface area contributed by atoms with Crippen molar-refractivity contribution < 1.29 is 28.7 Å². The Bertz CT molecular complexity index is 1020. The predicted octanol–water partition coefficient (Wildman–Crippen LogP) is 1.57. The first-order chi connectivity index (χ1) is 13.8. The van der Waals surface area contributed by atoms with Crippen molar-refractivity contribution in [2.24, 2.45) is 5.73 Å². The van der Waals surface area contributed by atoms with E-state index in [0.717, 1.165) is 16.2 Å². The van der Waals surface area contributed by atoms with Crippen molar-refractivity contribution in [3.63, 3.8) is 0 Å². The maximum atomic E-state index is 12.5. The van der Waals surface area contributed by atoms with Gasteiger partial charge in [0.25, 0.3) is 17.7 Å². The molecule has 1 aliphatic heterocycles. The Labute approximate surface area is 169 Å². The summed E-state index contributed by atoms with van der Waals surface area (Å²) in [5.41, 5.74) is 6.10. The van der Waals surface area contributed by atoms with Crippen molar-refractivity contribution in [3.05, 3.63) is 51.4 Å². The van der Waals surface area contributed by atoms with E-state index >= 15 is 0 Å². The first-order valence-corrected chi connectivity index (χ1v) is 9.43. The van der Waals surface area contributed by atoms with E-state index in [-0.39, 0.29) is 38.7 Å². The molecule has 0 aliphatic carbocycles. The smallest absolute Gasteiger partial charge is 0.348 e. The molecule has 0 bridgehead atoms. The summed E-state index contributed by atoms with van der Waals surface area (Å²) in [7, 11) is 0. The zero-order valence-corrected chi connectivity index (χ0v) is 16.4. The molecule has 150 valence electrons. The number of amides is 4. The van der Waals surface area contributed by atoms with Gasteiger partial charge in [-0.1, -0.05) is 12.1 Å². The zero-order valence-electron chi connectivity index (χ0n) is 15.6. The second kappa shape index (κ2) is 7.84. The first kappa shape index (κ1) is 20.2. The van der Waals surface area contributed by atoms with E-state index in [1.54, 1.807) is 19.1 Å². The van der Waals surface area contributed by atoms with Crippen molar-refractivity contribution in [2.45, 2.75) is 13.8 Å². The quantitative estimate of drug-likeness (QED) is 0.543. The fourth-order valence-electron chi connectivity index (χ4n) is 2.98. The molecule has 10 heteroatoms. The van der Waals surface area contributed by atoms with Crippen molar-refractivity contribution >= 4 is 45.9 Å². The van der Waals surface area contributed by atoms with Gasteiger partial charge >= 0.3 is 5.97 Å². The molecule has 1 aliphatic rings. The fraction of sp³-hybridized carbons (Fsp3) is 0.211. The SMILES string of the molecule is CCOC(=O)c1sc(NC(=O)CN2C(=O)c3ccccc3C2=O)c(C(N)=O)c1C. The van der Waals surface area contributed by atoms with E-state index in [2.05, 4.69) is 5.32 Å². The summed E-state index contributed by atoms with van der Waals surface area (Å²) < 4.78 is 4.94. The fourth-order valence-corrected chi connectivity index (χ4v) is 4.10. The maximum absolute atomic E-state index is 12.5. The van der Waals surface area contributed by atoms with Gasteiger partial charge in [-0.3, -0.25) is 24.1 Å². The van der Waals surface area contributed by atoms with Crippen LogP contribution >= 0.6 is 11.3 Å². The number of benzene rings is 1. The highest BCUT2D eigenvalue weighted by molar-refractivity contribution is 7.18. The van der Waals surface area contributed by atoms with E-state index in [0.29, 0.717) is 0 Å². The first-order valence-electron chi connectivity index (χ1n) is 8.61. The molecule has 9 nitrogen and oxygen atoms in total. The molecule has 2 heterocycles. The van der Waals surface area contributed by atoms with E-state index in [4.69, 9.17) is 10.5 Å². The summed E-state index contributed by atoms with van der Waals surface area (Å²) in [4.78, 5) is 62.1. The summed E-state index contributed by atoms with van der Waals surface area (Å²) in [6.07, 6.45) is 0. The lowest BCUT2D eigenvalue weighted by molar-refractivity contribution is -0.116. The summed E-state index contributed by atoms with van der Waals surface area (Å²) in [6, 6.07) is 6.26. The molecular weight excluding hydrogens is 398 g/mol. The number of ether oxygens (including phenoxy) is 1. The van der Waals surface area contributed by atoms with Gasteiger partial charge in [-0.25, -0.2) is 4.79 Å². The van der Waals surface area contributed by atoms with Crippen molar-refractivity contribution in [1.82, 2.24) is 4.90 Å². The number of carbonyl (C=O) groups is 5. The third kappa shape index (κ3) is 3.61. The number of primary amides is 1. The molecular formula is C19H17N3O6S. The number of thiophene rings is 1. The van der Waals surface area contributed by atoms with Crippen LogP contribution in [-0.4, -0.2) is 47.6 Å². The summed E-state index contributed by atoms with van der Waals surface area (Å²) in [6.45, 7) is 2.75. The molecule has 3 N–H and O–H groups in total. The van der Waals surface area contributed by atoms with Crippen LogP contribution in [0.2, 0.25) is 0 Å². The lowest BCUT2D eigenvalue weighted by Crippen LogP contribution is -2.37. The molecule has 2 aromatic rings. The number of rotatable bonds is 6. The number of carbonyl (C=O) groups excluding carboxylic acids is 5. The number of nitrogens with two attached hydrogens (primary N) is 1. The third-order valence-electron chi connectivity index (χ3n) is 4.29. The number of nitrogens with one attached hydrogen (secondary N) is 1. The van der Waals surface area contributed by atoms with Crippen LogP contribution < -0.4 is 11.1 Å². The number of fused-ring (bicyclic) bond motifs is 1. The summed E-state index contributed by atoms with van der Waals surface area (Å²) >= 11 is 0.842. The molecule has 0 saturated carbocycles. The molecule has 3 rings (SSSR count). The minimum atomic E-state index is -0.828. The highest BCUT2D eigenvalue weighted by atomic mass is 32.1. The van der Waals surface area contributed by atoms with Crippen LogP contribution in [0.3, 0.4) is 0 Å². The molecule has 4 amide bonds. The van der Waals surface area contributed by atoms with Crippen LogP contribution in [0.1, 0.15) is 53.2 Å². The van der Waals surface area contributed by atoms with Crippen LogP contribution in [0.5, 0.6) is 0 Å².